The molecule has 0 radical (unpaired) electrons. The number of benzene rings is 1. The number of rotatable bonds is 4. The summed E-state index contributed by atoms with van der Waals surface area (Å²) in [5.41, 5.74) is 0.825. The van der Waals surface area contributed by atoms with Crippen LogP contribution in [0.4, 0.5) is 0 Å². The molecule has 1 atom stereocenters. The van der Waals surface area contributed by atoms with Gasteiger partial charge in [0, 0.05) is 29.6 Å². The van der Waals surface area contributed by atoms with E-state index in [4.69, 9.17) is 28.3 Å². The molecule has 1 aliphatic rings. The number of carbonyl (C=O) groups is 1. The maximum atomic E-state index is 11.8. The van der Waals surface area contributed by atoms with E-state index >= 15 is 0 Å². The van der Waals surface area contributed by atoms with E-state index in [2.05, 4.69) is 0 Å². The molecule has 0 spiro atoms. The van der Waals surface area contributed by atoms with Gasteiger partial charge in [0.2, 0.25) is 15.9 Å². The van der Waals surface area contributed by atoms with Gasteiger partial charge in [-0.25, -0.2) is 13.6 Å². The summed E-state index contributed by atoms with van der Waals surface area (Å²) in [6.45, 7) is 0.529. The Balaban J connectivity index is 2.01. The van der Waals surface area contributed by atoms with Crippen LogP contribution >= 0.6 is 23.2 Å². The molecule has 1 aliphatic heterocycles. The van der Waals surface area contributed by atoms with E-state index in [1.165, 1.54) is 4.90 Å². The molecule has 2 N–H and O–H groups in total. The Morgan fingerprint density at radius 1 is 1.35 bits per heavy atom. The average molecular weight is 337 g/mol. The first kappa shape index (κ1) is 15.6. The van der Waals surface area contributed by atoms with Crippen molar-refractivity contribution in [1.29, 1.82) is 0 Å². The van der Waals surface area contributed by atoms with Crippen LogP contribution in [0, 0.1) is 0 Å². The van der Waals surface area contributed by atoms with E-state index in [0.717, 1.165) is 5.56 Å². The molecule has 0 aliphatic carbocycles. The highest BCUT2D eigenvalue weighted by molar-refractivity contribution is 7.89. The summed E-state index contributed by atoms with van der Waals surface area (Å²) in [6.07, 6.45) is 0.463. The van der Waals surface area contributed by atoms with Crippen molar-refractivity contribution in [2.45, 2.75) is 18.1 Å². The van der Waals surface area contributed by atoms with Crippen molar-refractivity contribution in [3.05, 3.63) is 33.8 Å². The third-order valence-corrected chi connectivity index (χ3v) is 5.15. The summed E-state index contributed by atoms with van der Waals surface area (Å²) in [6, 6.07) is 5.12. The molecule has 1 amide bonds. The largest absolute Gasteiger partial charge is 0.341 e. The number of hydrogen-bond donors (Lipinski definition) is 1. The van der Waals surface area contributed by atoms with Crippen molar-refractivity contribution in [3.8, 4) is 0 Å². The average Bonchev–Trinajstić information content (AvgIpc) is 2.72. The third kappa shape index (κ3) is 3.63. The zero-order valence-corrected chi connectivity index (χ0v) is 12.9. The fourth-order valence-corrected chi connectivity index (χ4v) is 3.33. The lowest BCUT2D eigenvalue weighted by Gasteiger charge is -2.16. The van der Waals surface area contributed by atoms with Gasteiger partial charge >= 0.3 is 0 Å². The van der Waals surface area contributed by atoms with E-state index in [1.54, 1.807) is 18.2 Å². The monoisotopic (exact) mass is 336 g/mol. The topological polar surface area (TPSA) is 80.5 Å². The second-order valence-corrected chi connectivity index (χ2v) is 7.43. The fourth-order valence-electron chi connectivity index (χ4n) is 2.16. The molecule has 1 aromatic rings. The highest BCUT2D eigenvalue weighted by Crippen LogP contribution is 2.22. The number of nitrogens with two attached hydrogens (primary N) is 1. The van der Waals surface area contributed by atoms with Crippen molar-refractivity contribution in [2.75, 3.05) is 13.1 Å². The van der Waals surface area contributed by atoms with Gasteiger partial charge < -0.3 is 4.90 Å². The Hall–Kier alpha value is -0.820. The molecule has 1 heterocycles. The van der Waals surface area contributed by atoms with Crippen LogP contribution in [0.2, 0.25) is 10.0 Å². The molecule has 5 nitrogen and oxygen atoms in total. The van der Waals surface area contributed by atoms with Crippen LogP contribution in [0.15, 0.2) is 18.2 Å². The quantitative estimate of drug-likeness (QED) is 0.902. The van der Waals surface area contributed by atoms with Gasteiger partial charge in [-0.15, -0.1) is 0 Å². The second-order valence-electron chi connectivity index (χ2n) is 4.74. The molecule has 2 rings (SSSR count). The molecule has 1 unspecified atom stereocenters. The van der Waals surface area contributed by atoms with Gasteiger partial charge in [-0.3, -0.25) is 4.79 Å². The van der Waals surface area contributed by atoms with Crippen LogP contribution in [0.25, 0.3) is 0 Å². The fraction of sp³-hybridized carbons (Fsp3) is 0.417. The minimum atomic E-state index is -3.68. The van der Waals surface area contributed by atoms with Gasteiger partial charge in [0.1, 0.15) is 5.25 Å². The number of amides is 1. The maximum absolute atomic E-state index is 11.8. The van der Waals surface area contributed by atoms with Crippen LogP contribution in [-0.4, -0.2) is 37.6 Å². The maximum Gasteiger partial charge on any atom is 0.224 e. The molecular formula is C12H14Cl2N2O3S. The molecule has 1 aromatic carbocycles. The van der Waals surface area contributed by atoms with E-state index < -0.39 is 15.3 Å². The minimum absolute atomic E-state index is 0.0535. The Labute approximate surface area is 127 Å². The van der Waals surface area contributed by atoms with Crippen molar-refractivity contribution < 1.29 is 13.2 Å². The van der Waals surface area contributed by atoms with Crippen LogP contribution in [0.3, 0.4) is 0 Å². The zero-order chi connectivity index (χ0) is 14.9. The molecule has 20 heavy (non-hydrogen) atoms. The number of hydrogen-bond acceptors (Lipinski definition) is 3. The number of nitrogens with zero attached hydrogens (tertiary/aromatic N) is 1. The van der Waals surface area contributed by atoms with E-state index in [0.29, 0.717) is 23.0 Å². The van der Waals surface area contributed by atoms with E-state index in [1.807, 2.05) is 0 Å². The lowest BCUT2D eigenvalue weighted by molar-refractivity contribution is -0.127. The van der Waals surface area contributed by atoms with Crippen LogP contribution in [0.5, 0.6) is 0 Å². The predicted molar refractivity (Wildman–Crippen MR) is 78.3 cm³/mol. The van der Waals surface area contributed by atoms with Crippen molar-refractivity contribution >= 4 is 39.1 Å². The normalized spacial score (nSPS) is 19.6. The minimum Gasteiger partial charge on any atom is -0.341 e. The summed E-state index contributed by atoms with van der Waals surface area (Å²) in [4.78, 5) is 13.2. The summed E-state index contributed by atoms with van der Waals surface area (Å²) >= 11 is 11.9. The molecule has 1 saturated heterocycles. The van der Waals surface area contributed by atoms with Gasteiger partial charge in [-0.05, 0) is 30.2 Å². The SMILES string of the molecule is NS(=O)(=O)C1CC(=O)N(CCc2cc(Cl)ccc2Cl)C1. The second kappa shape index (κ2) is 5.89. The lowest BCUT2D eigenvalue weighted by Crippen LogP contribution is -2.33. The van der Waals surface area contributed by atoms with E-state index in [-0.39, 0.29) is 18.9 Å². The summed E-state index contributed by atoms with van der Waals surface area (Å²) in [5.74, 6) is -0.206. The molecular weight excluding hydrogens is 323 g/mol. The number of carbonyl (C=O) groups excluding carboxylic acids is 1. The van der Waals surface area contributed by atoms with Crippen molar-refractivity contribution in [3.63, 3.8) is 0 Å². The van der Waals surface area contributed by atoms with Crippen LogP contribution in [0.1, 0.15) is 12.0 Å². The number of sulfonamides is 1. The summed E-state index contributed by atoms with van der Waals surface area (Å²) < 4.78 is 22.5. The molecule has 8 heteroatoms. The van der Waals surface area contributed by atoms with Gasteiger partial charge in [0.15, 0.2) is 0 Å². The Morgan fingerprint density at radius 2 is 2.05 bits per heavy atom. The Bertz CT molecular complexity index is 634. The summed E-state index contributed by atoms with van der Waals surface area (Å²) in [7, 11) is -3.68. The van der Waals surface area contributed by atoms with Gasteiger partial charge in [0.25, 0.3) is 0 Å². The molecule has 0 bridgehead atoms. The van der Waals surface area contributed by atoms with Crippen molar-refractivity contribution in [2.24, 2.45) is 5.14 Å². The summed E-state index contributed by atoms with van der Waals surface area (Å²) in [5, 5.41) is 5.40. The zero-order valence-electron chi connectivity index (χ0n) is 10.6. The predicted octanol–water partition coefficient (Wildman–Crippen LogP) is 1.43. The Kier molecular flexibility index (Phi) is 4.59. The number of likely N-dealkylation sites (tertiary alicyclic amines) is 1. The molecule has 0 aromatic heterocycles. The number of primary sulfonamides is 1. The van der Waals surface area contributed by atoms with Crippen molar-refractivity contribution in [1.82, 2.24) is 4.90 Å². The van der Waals surface area contributed by atoms with E-state index in [9.17, 15) is 13.2 Å². The van der Waals surface area contributed by atoms with Crippen LogP contribution < -0.4 is 5.14 Å². The first-order valence-electron chi connectivity index (χ1n) is 6.00. The highest BCUT2D eigenvalue weighted by Gasteiger charge is 2.36. The smallest absolute Gasteiger partial charge is 0.224 e. The van der Waals surface area contributed by atoms with Gasteiger partial charge in [-0.2, -0.15) is 0 Å². The third-order valence-electron chi connectivity index (χ3n) is 3.30. The first-order chi connectivity index (χ1) is 9.27. The van der Waals surface area contributed by atoms with Gasteiger partial charge in [-0.1, -0.05) is 23.2 Å². The lowest BCUT2D eigenvalue weighted by atomic mass is 10.1. The highest BCUT2D eigenvalue weighted by atomic mass is 35.5. The first-order valence-corrected chi connectivity index (χ1v) is 8.37. The standard InChI is InChI=1S/C12H14Cl2N2O3S/c13-9-1-2-11(14)8(5-9)3-4-16-7-10(6-12(16)17)20(15,18)19/h1-2,5,10H,3-4,6-7H2,(H2,15,18,19). The Morgan fingerprint density at radius 3 is 2.65 bits per heavy atom. The number of halogens is 2. The molecule has 1 fully saturated rings. The molecule has 0 saturated carbocycles. The van der Waals surface area contributed by atoms with Gasteiger partial charge in [0.05, 0.1) is 0 Å². The van der Waals surface area contributed by atoms with Crippen LogP contribution in [-0.2, 0) is 21.2 Å². The molecule has 110 valence electrons.